The number of hydrogen-bond donors (Lipinski definition) is 2. The Labute approximate surface area is 97.5 Å². The van der Waals surface area contributed by atoms with E-state index in [-0.39, 0.29) is 12.1 Å². The Morgan fingerprint density at radius 1 is 1.12 bits per heavy atom. The smallest absolute Gasteiger partial charge is 0.392 e. The number of halogens is 3. The zero-order chi connectivity index (χ0) is 12.5. The maximum Gasteiger partial charge on any atom is 0.416 e. The Kier molecular flexibility index (Phi) is 3.40. The van der Waals surface area contributed by atoms with Gasteiger partial charge in [0.15, 0.2) is 0 Å². The number of nitrogens with one attached hydrogen (secondary N) is 1. The van der Waals surface area contributed by atoms with Gasteiger partial charge in [0.25, 0.3) is 0 Å². The predicted molar refractivity (Wildman–Crippen MR) is 57.4 cm³/mol. The number of hydrogen-bond acceptors (Lipinski definition) is 2. The van der Waals surface area contributed by atoms with Gasteiger partial charge in [-0.2, -0.15) is 13.2 Å². The van der Waals surface area contributed by atoms with Crippen molar-refractivity contribution in [3.05, 3.63) is 35.4 Å². The number of aliphatic hydroxyl groups excluding tert-OH is 1. The highest BCUT2D eigenvalue weighted by molar-refractivity contribution is 5.27. The van der Waals surface area contributed by atoms with Gasteiger partial charge in [-0.25, -0.2) is 0 Å². The van der Waals surface area contributed by atoms with E-state index in [1.165, 1.54) is 12.1 Å². The van der Waals surface area contributed by atoms with E-state index in [1.54, 1.807) is 0 Å². The molecule has 1 heterocycles. The number of rotatable bonds is 1. The maximum atomic E-state index is 12.4. The molecule has 2 N–H and O–H groups in total. The first-order valence-corrected chi connectivity index (χ1v) is 5.55. The first-order chi connectivity index (χ1) is 7.97. The van der Waals surface area contributed by atoms with Gasteiger partial charge in [-0.1, -0.05) is 12.1 Å². The van der Waals surface area contributed by atoms with Crippen molar-refractivity contribution in [1.29, 1.82) is 0 Å². The molecule has 1 aliphatic rings. The van der Waals surface area contributed by atoms with Crippen LogP contribution in [-0.4, -0.2) is 17.8 Å². The van der Waals surface area contributed by atoms with Gasteiger partial charge in [0.2, 0.25) is 0 Å². The summed E-state index contributed by atoms with van der Waals surface area (Å²) in [5.41, 5.74) is 0.210. The minimum atomic E-state index is -4.28. The summed E-state index contributed by atoms with van der Waals surface area (Å²) in [4.78, 5) is 0. The quantitative estimate of drug-likeness (QED) is 0.796. The Morgan fingerprint density at radius 2 is 1.76 bits per heavy atom. The van der Waals surface area contributed by atoms with Crippen LogP contribution in [0.5, 0.6) is 0 Å². The molecule has 0 aromatic heterocycles. The van der Waals surface area contributed by atoms with E-state index < -0.39 is 11.7 Å². The largest absolute Gasteiger partial charge is 0.416 e. The summed E-state index contributed by atoms with van der Waals surface area (Å²) >= 11 is 0. The van der Waals surface area contributed by atoms with Gasteiger partial charge in [0.1, 0.15) is 0 Å². The summed E-state index contributed by atoms with van der Waals surface area (Å²) in [5, 5.41) is 12.4. The minimum absolute atomic E-state index is 0.0423. The van der Waals surface area contributed by atoms with Gasteiger partial charge < -0.3 is 10.4 Å². The van der Waals surface area contributed by atoms with Crippen molar-refractivity contribution in [2.24, 2.45) is 0 Å². The normalized spacial score (nSPS) is 25.9. The Balaban J connectivity index is 2.08. The highest BCUT2D eigenvalue weighted by Gasteiger charge is 2.30. The molecule has 5 heteroatoms. The molecule has 1 aliphatic heterocycles. The van der Waals surface area contributed by atoms with Crippen LogP contribution in [0.4, 0.5) is 13.2 Å². The summed E-state index contributed by atoms with van der Waals surface area (Å²) in [6.45, 7) is 0.492. The lowest BCUT2D eigenvalue weighted by Gasteiger charge is -2.27. The van der Waals surface area contributed by atoms with Crippen molar-refractivity contribution in [2.75, 3.05) is 6.54 Å². The van der Waals surface area contributed by atoms with Crippen LogP contribution in [0.1, 0.15) is 30.0 Å². The van der Waals surface area contributed by atoms with Crippen LogP contribution in [0, 0.1) is 0 Å². The van der Waals surface area contributed by atoms with Crippen LogP contribution >= 0.6 is 0 Å². The van der Waals surface area contributed by atoms with E-state index in [0.717, 1.165) is 24.1 Å². The highest BCUT2D eigenvalue weighted by Crippen LogP contribution is 2.31. The summed E-state index contributed by atoms with van der Waals surface area (Å²) in [6, 6.07) is 5.24. The van der Waals surface area contributed by atoms with Crippen molar-refractivity contribution in [3.63, 3.8) is 0 Å². The summed E-state index contributed by atoms with van der Waals surface area (Å²) in [6.07, 6.45) is -3.21. The number of aliphatic hydroxyl groups is 1. The molecule has 17 heavy (non-hydrogen) atoms. The van der Waals surface area contributed by atoms with E-state index in [4.69, 9.17) is 0 Å². The number of β-amino-alcohol motifs (C(OH)–C–C–N with tert-alkyl or cyclic N) is 1. The molecule has 2 unspecified atom stereocenters. The van der Waals surface area contributed by atoms with Gasteiger partial charge >= 0.3 is 6.18 Å². The van der Waals surface area contributed by atoms with E-state index >= 15 is 0 Å². The Morgan fingerprint density at radius 3 is 2.24 bits per heavy atom. The van der Waals surface area contributed by atoms with Crippen LogP contribution < -0.4 is 5.32 Å². The molecular formula is C12H14F3NO. The topological polar surface area (TPSA) is 32.3 Å². The molecule has 2 nitrogen and oxygen atoms in total. The van der Waals surface area contributed by atoms with Gasteiger partial charge in [-0.05, 0) is 30.5 Å². The second-order valence-corrected chi connectivity index (χ2v) is 4.31. The van der Waals surface area contributed by atoms with Crippen molar-refractivity contribution >= 4 is 0 Å². The average molecular weight is 245 g/mol. The van der Waals surface area contributed by atoms with Gasteiger partial charge in [-0.15, -0.1) is 0 Å². The third-order valence-electron chi connectivity index (χ3n) is 3.03. The molecule has 1 fully saturated rings. The molecule has 0 aliphatic carbocycles. The minimum Gasteiger partial charge on any atom is -0.392 e. The average Bonchev–Trinajstić information content (AvgIpc) is 2.29. The summed E-state index contributed by atoms with van der Waals surface area (Å²) in [5.74, 6) is 0. The Bertz CT molecular complexity index is 366. The summed E-state index contributed by atoms with van der Waals surface area (Å²) in [7, 11) is 0. The van der Waals surface area contributed by atoms with E-state index in [2.05, 4.69) is 5.32 Å². The molecule has 2 atom stereocenters. The summed E-state index contributed by atoms with van der Waals surface area (Å²) < 4.78 is 37.1. The van der Waals surface area contributed by atoms with Gasteiger partial charge in [-0.3, -0.25) is 0 Å². The first kappa shape index (κ1) is 12.4. The predicted octanol–water partition coefficient (Wildman–Crippen LogP) is 2.49. The lowest BCUT2D eigenvalue weighted by atomic mass is 9.95. The van der Waals surface area contributed by atoms with Crippen LogP contribution in [0.25, 0.3) is 0 Å². The fourth-order valence-electron chi connectivity index (χ4n) is 2.03. The second-order valence-electron chi connectivity index (χ2n) is 4.31. The molecule has 0 saturated carbocycles. The van der Waals surface area contributed by atoms with Gasteiger partial charge in [0, 0.05) is 12.6 Å². The fraction of sp³-hybridized carbons (Fsp3) is 0.500. The molecular weight excluding hydrogens is 231 g/mol. The van der Waals surface area contributed by atoms with Gasteiger partial charge in [0.05, 0.1) is 11.7 Å². The van der Waals surface area contributed by atoms with Crippen molar-refractivity contribution in [2.45, 2.75) is 31.2 Å². The van der Waals surface area contributed by atoms with Crippen LogP contribution in [0.2, 0.25) is 0 Å². The Hall–Kier alpha value is -1.07. The van der Waals surface area contributed by atoms with Crippen molar-refractivity contribution < 1.29 is 18.3 Å². The number of benzene rings is 1. The zero-order valence-corrected chi connectivity index (χ0v) is 9.17. The fourth-order valence-corrected chi connectivity index (χ4v) is 2.03. The molecule has 1 saturated heterocycles. The molecule has 1 aromatic rings. The maximum absolute atomic E-state index is 12.4. The van der Waals surface area contributed by atoms with E-state index in [0.29, 0.717) is 13.0 Å². The lowest BCUT2D eigenvalue weighted by molar-refractivity contribution is -0.137. The van der Waals surface area contributed by atoms with Crippen LogP contribution in [-0.2, 0) is 6.18 Å². The molecule has 0 radical (unpaired) electrons. The van der Waals surface area contributed by atoms with Crippen LogP contribution in [0.3, 0.4) is 0 Å². The third kappa shape index (κ3) is 2.98. The monoisotopic (exact) mass is 245 g/mol. The molecule has 94 valence electrons. The molecule has 0 amide bonds. The van der Waals surface area contributed by atoms with Crippen molar-refractivity contribution in [1.82, 2.24) is 5.32 Å². The van der Waals surface area contributed by atoms with Crippen LogP contribution in [0.15, 0.2) is 24.3 Å². The highest BCUT2D eigenvalue weighted by atomic mass is 19.4. The molecule has 2 rings (SSSR count). The second kappa shape index (κ2) is 4.66. The van der Waals surface area contributed by atoms with Crippen molar-refractivity contribution in [3.8, 4) is 0 Å². The lowest BCUT2D eigenvalue weighted by Crippen LogP contribution is -2.36. The standard InChI is InChI=1S/C12H14F3NO/c13-12(14,15)9-3-1-8(2-4-9)11-6-5-10(17)7-16-11/h1-4,10-11,16-17H,5-7H2. The molecule has 1 aromatic carbocycles. The SMILES string of the molecule is OC1CCC(c2ccc(C(F)(F)F)cc2)NC1. The third-order valence-corrected chi connectivity index (χ3v) is 3.03. The van der Waals surface area contributed by atoms with E-state index in [9.17, 15) is 18.3 Å². The van der Waals surface area contributed by atoms with E-state index in [1.807, 2.05) is 0 Å². The molecule has 0 bridgehead atoms. The number of alkyl halides is 3. The zero-order valence-electron chi connectivity index (χ0n) is 9.17. The first-order valence-electron chi connectivity index (χ1n) is 5.55. The number of piperidine rings is 1. The molecule has 0 spiro atoms.